The molecule has 2 nitrogen and oxygen atoms in total. The second-order valence-corrected chi connectivity index (χ2v) is 5.26. The maximum Gasteiger partial charge on any atom is 0.111 e. The van der Waals surface area contributed by atoms with Crippen LogP contribution in [0.5, 0.6) is 0 Å². The molecule has 14 heavy (non-hydrogen) atoms. The Morgan fingerprint density at radius 1 is 1.50 bits per heavy atom. The van der Waals surface area contributed by atoms with Crippen LogP contribution in [0.25, 0.3) is 0 Å². The Labute approximate surface area is 85.7 Å². The van der Waals surface area contributed by atoms with Gasteiger partial charge in [0, 0.05) is 17.5 Å². The van der Waals surface area contributed by atoms with Crippen LogP contribution in [0.3, 0.4) is 0 Å². The lowest BCUT2D eigenvalue weighted by Crippen LogP contribution is -2.55. The molecule has 1 saturated heterocycles. The fourth-order valence-corrected chi connectivity index (χ4v) is 2.80. The zero-order valence-electron chi connectivity index (χ0n) is 9.12. The first-order chi connectivity index (χ1) is 6.48. The van der Waals surface area contributed by atoms with E-state index < -0.39 is 0 Å². The molecule has 0 amide bonds. The van der Waals surface area contributed by atoms with E-state index in [9.17, 15) is 5.11 Å². The number of hydrogen-bond acceptors (Lipinski definition) is 2. The van der Waals surface area contributed by atoms with Gasteiger partial charge in [-0.25, -0.2) is 0 Å². The molecule has 0 spiro atoms. The second-order valence-electron chi connectivity index (χ2n) is 5.26. The van der Waals surface area contributed by atoms with Gasteiger partial charge in [0.2, 0.25) is 0 Å². The molecule has 2 aliphatic rings. The van der Waals surface area contributed by atoms with Crippen molar-refractivity contribution < 1.29 is 5.11 Å². The molecule has 1 aliphatic heterocycles. The minimum Gasteiger partial charge on any atom is -0.508 e. The van der Waals surface area contributed by atoms with Crippen LogP contribution in [-0.4, -0.2) is 16.7 Å². The summed E-state index contributed by atoms with van der Waals surface area (Å²) in [5.74, 6) is 1.50. The number of allylic oxidation sites excluding steroid dienone is 1. The van der Waals surface area contributed by atoms with Gasteiger partial charge in [-0.1, -0.05) is 13.0 Å². The van der Waals surface area contributed by atoms with E-state index in [0.29, 0.717) is 23.6 Å². The monoisotopic (exact) mass is 193 g/mol. The molecule has 2 N–H and O–H groups in total. The third-order valence-corrected chi connectivity index (χ3v) is 3.30. The molecule has 2 heteroatoms. The van der Waals surface area contributed by atoms with Gasteiger partial charge in [0.15, 0.2) is 0 Å². The number of aliphatic hydroxyl groups excluding tert-OH is 1. The highest BCUT2D eigenvalue weighted by Crippen LogP contribution is 2.35. The van der Waals surface area contributed by atoms with Crippen LogP contribution in [0.15, 0.2) is 24.0 Å². The highest BCUT2D eigenvalue weighted by Gasteiger charge is 2.37. The molecule has 0 aromatic heterocycles. The lowest BCUT2D eigenvalue weighted by Gasteiger charge is -2.45. The van der Waals surface area contributed by atoms with Crippen LogP contribution in [0.2, 0.25) is 0 Å². The van der Waals surface area contributed by atoms with Crippen molar-refractivity contribution in [2.75, 3.05) is 0 Å². The first kappa shape index (κ1) is 9.78. The molecule has 0 aromatic carbocycles. The molecule has 1 fully saturated rings. The van der Waals surface area contributed by atoms with Crippen molar-refractivity contribution in [1.82, 2.24) is 5.32 Å². The van der Waals surface area contributed by atoms with E-state index in [1.807, 2.05) is 6.08 Å². The Bertz CT molecular complexity index is 291. The summed E-state index contributed by atoms with van der Waals surface area (Å²) in [5, 5.41) is 13.0. The summed E-state index contributed by atoms with van der Waals surface area (Å²) in [5.41, 5.74) is 0.214. The van der Waals surface area contributed by atoms with E-state index in [1.165, 1.54) is 0 Å². The van der Waals surface area contributed by atoms with Crippen molar-refractivity contribution in [2.45, 2.75) is 38.8 Å². The number of nitrogens with one attached hydrogen (secondary N) is 1. The summed E-state index contributed by atoms with van der Waals surface area (Å²) in [6, 6.07) is 0.393. The zero-order valence-corrected chi connectivity index (χ0v) is 9.12. The molecule has 3 atom stereocenters. The Balaban J connectivity index is 2.21. The third kappa shape index (κ3) is 1.71. The van der Waals surface area contributed by atoms with Gasteiger partial charge in [-0.15, -0.1) is 0 Å². The molecular formula is C12H19NO. The van der Waals surface area contributed by atoms with Gasteiger partial charge in [-0.2, -0.15) is 0 Å². The number of fused-ring (bicyclic) bond motifs is 1. The molecular weight excluding hydrogens is 174 g/mol. The normalized spacial score (nSPS) is 40.2. The molecule has 3 unspecified atom stereocenters. The number of hydrogen-bond donors (Lipinski definition) is 2. The maximum absolute atomic E-state index is 9.44. The Morgan fingerprint density at radius 3 is 2.93 bits per heavy atom. The van der Waals surface area contributed by atoms with Crippen molar-refractivity contribution in [3.63, 3.8) is 0 Å². The molecule has 0 radical (unpaired) electrons. The van der Waals surface area contributed by atoms with E-state index in [0.717, 1.165) is 6.42 Å². The minimum atomic E-state index is 0.214. The van der Waals surface area contributed by atoms with Crippen LogP contribution >= 0.6 is 0 Å². The van der Waals surface area contributed by atoms with Crippen LogP contribution in [0.1, 0.15) is 27.2 Å². The van der Waals surface area contributed by atoms with Gasteiger partial charge >= 0.3 is 0 Å². The van der Waals surface area contributed by atoms with Gasteiger partial charge < -0.3 is 10.4 Å². The number of rotatable bonds is 0. The standard InChI is InChI=1S/C12H19NO/c1-8-7-12(2,3)13-11-5-4-9(14)6-10(8)11/h4-6,8,10-11,13-14H,7H2,1-3H3. The van der Waals surface area contributed by atoms with Gasteiger partial charge in [-0.3, -0.25) is 0 Å². The summed E-state index contributed by atoms with van der Waals surface area (Å²) < 4.78 is 0. The molecule has 1 aliphatic carbocycles. The summed E-state index contributed by atoms with van der Waals surface area (Å²) >= 11 is 0. The van der Waals surface area contributed by atoms with Crippen molar-refractivity contribution >= 4 is 0 Å². The fraction of sp³-hybridized carbons (Fsp3) is 0.667. The highest BCUT2D eigenvalue weighted by atomic mass is 16.3. The lowest BCUT2D eigenvalue weighted by molar-refractivity contribution is 0.162. The summed E-state index contributed by atoms with van der Waals surface area (Å²) in [4.78, 5) is 0. The predicted octanol–water partition coefficient (Wildman–Crippen LogP) is 2.39. The largest absolute Gasteiger partial charge is 0.508 e. The first-order valence-corrected chi connectivity index (χ1v) is 5.35. The van der Waals surface area contributed by atoms with Crippen LogP contribution < -0.4 is 5.32 Å². The Hall–Kier alpha value is -0.760. The predicted molar refractivity (Wildman–Crippen MR) is 58.1 cm³/mol. The van der Waals surface area contributed by atoms with E-state index in [2.05, 4.69) is 32.2 Å². The minimum absolute atomic E-state index is 0.214. The quantitative estimate of drug-likeness (QED) is 0.619. The number of piperidine rings is 1. The average molecular weight is 193 g/mol. The van der Waals surface area contributed by atoms with Crippen LogP contribution in [-0.2, 0) is 0 Å². The van der Waals surface area contributed by atoms with Crippen molar-refractivity contribution in [1.29, 1.82) is 0 Å². The Kier molecular flexibility index (Phi) is 2.18. The lowest BCUT2D eigenvalue weighted by atomic mass is 9.73. The van der Waals surface area contributed by atoms with E-state index >= 15 is 0 Å². The molecule has 0 saturated carbocycles. The van der Waals surface area contributed by atoms with Gasteiger partial charge in [0.25, 0.3) is 0 Å². The molecule has 78 valence electrons. The summed E-state index contributed by atoms with van der Waals surface area (Å²) in [7, 11) is 0. The van der Waals surface area contributed by atoms with Gasteiger partial charge in [0.1, 0.15) is 5.76 Å². The molecule has 2 rings (SSSR count). The number of aliphatic hydroxyl groups is 1. The van der Waals surface area contributed by atoms with E-state index in [-0.39, 0.29) is 5.54 Å². The third-order valence-electron chi connectivity index (χ3n) is 3.30. The molecule has 0 bridgehead atoms. The van der Waals surface area contributed by atoms with Crippen molar-refractivity contribution in [3.05, 3.63) is 24.0 Å². The topological polar surface area (TPSA) is 32.3 Å². The average Bonchev–Trinajstić information content (AvgIpc) is 2.05. The summed E-state index contributed by atoms with van der Waals surface area (Å²) in [6.07, 6.45) is 7.02. The first-order valence-electron chi connectivity index (χ1n) is 5.35. The van der Waals surface area contributed by atoms with Crippen LogP contribution in [0.4, 0.5) is 0 Å². The maximum atomic E-state index is 9.44. The smallest absolute Gasteiger partial charge is 0.111 e. The molecule has 1 heterocycles. The SMILES string of the molecule is CC1CC(C)(C)NC2C=CC(O)=CC12. The fourth-order valence-electron chi connectivity index (χ4n) is 2.80. The van der Waals surface area contributed by atoms with E-state index in [4.69, 9.17) is 0 Å². The molecule has 0 aromatic rings. The zero-order chi connectivity index (χ0) is 10.3. The van der Waals surface area contributed by atoms with Crippen molar-refractivity contribution in [3.8, 4) is 0 Å². The highest BCUT2D eigenvalue weighted by molar-refractivity contribution is 5.24. The van der Waals surface area contributed by atoms with Gasteiger partial charge in [-0.05, 0) is 38.3 Å². The van der Waals surface area contributed by atoms with Gasteiger partial charge in [0.05, 0.1) is 0 Å². The van der Waals surface area contributed by atoms with Crippen molar-refractivity contribution in [2.24, 2.45) is 11.8 Å². The Morgan fingerprint density at radius 2 is 2.21 bits per heavy atom. The second kappa shape index (κ2) is 3.13. The van der Waals surface area contributed by atoms with Crippen LogP contribution in [0, 0.1) is 11.8 Å². The van der Waals surface area contributed by atoms with E-state index in [1.54, 1.807) is 6.08 Å². The summed E-state index contributed by atoms with van der Waals surface area (Å²) in [6.45, 7) is 6.75.